The van der Waals surface area contributed by atoms with Crippen LogP contribution in [0.5, 0.6) is 0 Å². The Balaban J connectivity index is 1.50. The van der Waals surface area contributed by atoms with Crippen LogP contribution in [0.3, 0.4) is 0 Å². The van der Waals surface area contributed by atoms with Crippen LogP contribution >= 0.6 is 0 Å². The van der Waals surface area contributed by atoms with Crippen molar-refractivity contribution in [1.82, 2.24) is 9.80 Å². The minimum absolute atomic E-state index is 0.0746. The van der Waals surface area contributed by atoms with E-state index in [1.165, 1.54) is 0 Å². The van der Waals surface area contributed by atoms with Gasteiger partial charge in [0.25, 0.3) is 0 Å². The molecule has 0 spiro atoms. The molecule has 0 bridgehead atoms. The third kappa shape index (κ3) is 2.81. The molecule has 0 saturated carbocycles. The molecule has 6 nitrogen and oxygen atoms in total. The molecule has 3 saturated heterocycles. The first-order chi connectivity index (χ1) is 9.75. The molecule has 1 unspecified atom stereocenters. The zero-order chi connectivity index (χ0) is 13.9. The second kappa shape index (κ2) is 6.10. The molecule has 1 atom stereocenters. The van der Waals surface area contributed by atoms with E-state index in [9.17, 15) is 9.59 Å². The van der Waals surface area contributed by atoms with Crippen LogP contribution < -0.4 is 0 Å². The third-order valence-corrected chi connectivity index (χ3v) is 4.55. The van der Waals surface area contributed by atoms with E-state index >= 15 is 0 Å². The average Bonchev–Trinajstić information content (AvgIpc) is 2.94. The van der Waals surface area contributed by atoms with Crippen molar-refractivity contribution in [3.63, 3.8) is 0 Å². The molecule has 1 amide bonds. The summed E-state index contributed by atoms with van der Waals surface area (Å²) in [6.45, 7) is 4.91. The Morgan fingerprint density at radius 3 is 2.30 bits per heavy atom. The van der Waals surface area contributed by atoms with Crippen molar-refractivity contribution in [2.75, 3.05) is 46.0 Å². The van der Waals surface area contributed by atoms with Crippen molar-refractivity contribution < 1.29 is 19.1 Å². The minimum Gasteiger partial charge on any atom is -0.464 e. The number of morpholine rings is 1. The highest BCUT2D eigenvalue weighted by Crippen LogP contribution is 2.24. The maximum atomic E-state index is 12.4. The molecule has 3 rings (SSSR count). The number of ether oxygens (including phenoxy) is 2. The van der Waals surface area contributed by atoms with E-state index in [2.05, 4.69) is 4.90 Å². The number of esters is 1. The second-order valence-electron chi connectivity index (χ2n) is 5.72. The summed E-state index contributed by atoms with van der Waals surface area (Å²) in [5, 5.41) is 0. The van der Waals surface area contributed by atoms with Crippen LogP contribution in [0, 0.1) is 5.92 Å². The molecular weight excluding hydrogens is 260 g/mol. The monoisotopic (exact) mass is 282 g/mol. The lowest BCUT2D eigenvalue weighted by Crippen LogP contribution is -2.49. The molecule has 0 aliphatic carbocycles. The highest BCUT2D eigenvalue weighted by molar-refractivity contribution is 5.79. The zero-order valence-corrected chi connectivity index (χ0v) is 11.8. The van der Waals surface area contributed by atoms with E-state index in [0.717, 1.165) is 32.4 Å². The van der Waals surface area contributed by atoms with Gasteiger partial charge in [0.2, 0.25) is 5.91 Å². The van der Waals surface area contributed by atoms with Gasteiger partial charge in [0.1, 0.15) is 6.04 Å². The maximum Gasteiger partial charge on any atom is 0.323 e. The molecule has 3 aliphatic heterocycles. The highest BCUT2D eigenvalue weighted by atomic mass is 16.5. The average molecular weight is 282 g/mol. The Kier molecular flexibility index (Phi) is 4.21. The van der Waals surface area contributed by atoms with Gasteiger partial charge < -0.3 is 14.4 Å². The Bertz CT molecular complexity index is 373. The predicted molar refractivity (Wildman–Crippen MR) is 71.1 cm³/mol. The summed E-state index contributed by atoms with van der Waals surface area (Å²) in [6.07, 6.45) is 2.49. The fourth-order valence-electron chi connectivity index (χ4n) is 3.32. The normalized spacial score (nSPS) is 29.5. The van der Waals surface area contributed by atoms with Crippen LogP contribution in [0.25, 0.3) is 0 Å². The maximum absolute atomic E-state index is 12.4. The van der Waals surface area contributed by atoms with E-state index in [4.69, 9.17) is 9.47 Å². The number of likely N-dealkylation sites (tertiary alicyclic amines) is 1. The van der Waals surface area contributed by atoms with Gasteiger partial charge in [0.05, 0.1) is 19.8 Å². The summed E-state index contributed by atoms with van der Waals surface area (Å²) in [6, 6.07) is -0.0746. The lowest BCUT2D eigenvalue weighted by atomic mass is 9.94. The van der Waals surface area contributed by atoms with Crippen molar-refractivity contribution >= 4 is 11.9 Å². The summed E-state index contributed by atoms with van der Waals surface area (Å²) < 4.78 is 10.3. The number of amides is 1. The smallest absolute Gasteiger partial charge is 0.323 e. The van der Waals surface area contributed by atoms with Crippen molar-refractivity contribution in [1.29, 1.82) is 0 Å². The molecule has 6 heteroatoms. The van der Waals surface area contributed by atoms with Gasteiger partial charge in [-0.15, -0.1) is 0 Å². The van der Waals surface area contributed by atoms with Crippen molar-refractivity contribution in [2.24, 2.45) is 5.92 Å². The van der Waals surface area contributed by atoms with Gasteiger partial charge in [-0.2, -0.15) is 0 Å². The molecule has 0 N–H and O–H groups in total. The quantitative estimate of drug-likeness (QED) is 0.661. The van der Waals surface area contributed by atoms with Crippen molar-refractivity contribution in [2.45, 2.75) is 25.3 Å². The molecule has 0 aromatic rings. The second-order valence-corrected chi connectivity index (χ2v) is 5.72. The van der Waals surface area contributed by atoms with Crippen molar-refractivity contribution in [3.05, 3.63) is 0 Å². The van der Waals surface area contributed by atoms with E-state index < -0.39 is 0 Å². The number of piperidine rings is 1. The Hall–Kier alpha value is -1.14. The van der Waals surface area contributed by atoms with Gasteiger partial charge in [0, 0.05) is 25.4 Å². The summed E-state index contributed by atoms with van der Waals surface area (Å²) in [4.78, 5) is 28.1. The number of carbonyl (C=O) groups excluding carboxylic acids is 2. The predicted octanol–water partition coefficient (Wildman–Crippen LogP) is -0.127. The van der Waals surface area contributed by atoms with Crippen LogP contribution in [0.15, 0.2) is 0 Å². The number of hydrogen-bond acceptors (Lipinski definition) is 5. The third-order valence-electron chi connectivity index (χ3n) is 4.55. The van der Waals surface area contributed by atoms with Crippen LogP contribution in [-0.2, 0) is 19.1 Å². The first kappa shape index (κ1) is 13.8. The lowest BCUT2D eigenvalue weighted by Gasteiger charge is -2.36. The Morgan fingerprint density at radius 1 is 1.00 bits per heavy atom. The van der Waals surface area contributed by atoms with Crippen molar-refractivity contribution in [3.8, 4) is 0 Å². The standard InChI is InChI=1S/C14H22N2O4/c17-13(16-6-9-19-10-7-16)11-1-4-15(5-2-11)12-3-8-20-14(12)18/h11-12H,1-10H2. The van der Waals surface area contributed by atoms with Gasteiger partial charge in [0.15, 0.2) is 0 Å². The molecule has 0 aromatic carbocycles. The van der Waals surface area contributed by atoms with Gasteiger partial charge in [-0.1, -0.05) is 0 Å². The van der Waals surface area contributed by atoms with E-state index in [1.807, 2.05) is 4.90 Å². The number of rotatable bonds is 2. The summed E-state index contributed by atoms with van der Waals surface area (Å²) in [7, 11) is 0. The van der Waals surface area contributed by atoms with Crippen LogP contribution in [0.4, 0.5) is 0 Å². The molecule has 3 heterocycles. The largest absolute Gasteiger partial charge is 0.464 e. The van der Waals surface area contributed by atoms with Crippen LogP contribution in [0.1, 0.15) is 19.3 Å². The van der Waals surface area contributed by atoms with E-state index in [-0.39, 0.29) is 23.8 Å². The number of carbonyl (C=O) groups is 2. The molecule has 3 aliphatic rings. The molecule has 0 aromatic heterocycles. The molecule has 3 fully saturated rings. The van der Waals surface area contributed by atoms with Gasteiger partial charge in [-0.05, 0) is 25.9 Å². The summed E-state index contributed by atoms with van der Waals surface area (Å²) in [5.74, 6) is 0.284. The van der Waals surface area contributed by atoms with Crippen LogP contribution in [0.2, 0.25) is 0 Å². The first-order valence-corrected chi connectivity index (χ1v) is 7.53. The van der Waals surface area contributed by atoms with Gasteiger partial charge in [-0.3, -0.25) is 14.5 Å². The zero-order valence-electron chi connectivity index (χ0n) is 11.8. The van der Waals surface area contributed by atoms with E-state index in [0.29, 0.717) is 32.9 Å². The SMILES string of the molecule is O=C1OCCC1N1CCC(C(=O)N2CCOCC2)CC1. The lowest BCUT2D eigenvalue weighted by molar-refractivity contribution is -0.144. The number of hydrogen-bond donors (Lipinski definition) is 0. The topological polar surface area (TPSA) is 59.1 Å². The molecule has 0 radical (unpaired) electrons. The van der Waals surface area contributed by atoms with Gasteiger partial charge >= 0.3 is 5.97 Å². The van der Waals surface area contributed by atoms with E-state index in [1.54, 1.807) is 0 Å². The minimum atomic E-state index is -0.0945. The molecule has 112 valence electrons. The Labute approximate surface area is 119 Å². The van der Waals surface area contributed by atoms with Gasteiger partial charge in [-0.25, -0.2) is 0 Å². The van der Waals surface area contributed by atoms with Crippen LogP contribution in [-0.4, -0.2) is 73.7 Å². The number of cyclic esters (lactones) is 1. The fraction of sp³-hybridized carbons (Fsp3) is 0.857. The fourth-order valence-corrected chi connectivity index (χ4v) is 3.32. The molecular formula is C14H22N2O4. The molecule has 20 heavy (non-hydrogen) atoms. The summed E-state index contributed by atoms with van der Waals surface area (Å²) >= 11 is 0. The first-order valence-electron chi connectivity index (χ1n) is 7.53. The number of nitrogens with zero attached hydrogens (tertiary/aromatic N) is 2. The summed E-state index contributed by atoms with van der Waals surface area (Å²) in [5.41, 5.74) is 0. The Morgan fingerprint density at radius 2 is 1.70 bits per heavy atom. The highest BCUT2D eigenvalue weighted by Gasteiger charge is 2.36.